The number of aromatic nitrogens is 2. The molecule has 6 nitrogen and oxygen atoms in total. The number of benzene rings is 1. The summed E-state index contributed by atoms with van der Waals surface area (Å²) in [5.74, 6) is -1.05. The van der Waals surface area contributed by atoms with Crippen molar-refractivity contribution in [3.8, 4) is 11.3 Å². The van der Waals surface area contributed by atoms with Crippen LogP contribution in [0.3, 0.4) is 0 Å². The number of nitrogens with zero attached hydrogens (tertiary/aromatic N) is 2. The summed E-state index contributed by atoms with van der Waals surface area (Å²) in [5, 5.41) is -0.296. The van der Waals surface area contributed by atoms with Crippen molar-refractivity contribution in [1.29, 1.82) is 0 Å². The van der Waals surface area contributed by atoms with Gasteiger partial charge in [-0.05, 0) is 12.1 Å². The van der Waals surface area contributed by atoms with E-state index in [-0.39, 0.29) is 15.3 Å². The third-order valence-electron chi connectivity index (χ3n) is 3.08. The number of nitrogens with one attached hydrogen (secondary N) is 1. The zero-order chi connectivity index (χ0) is 19.2. The summed E-state index contributed by atoms with van der Waals surface area (Å²) >= 11 is 5.73. The fourth-order valence-electron chi connectivity index (χ4n) is 1.99. The van der Waals surface area contributed by atoms with Crippen LogP contribution in [0.15, 0.2) is 23.1 Å². The maximum absolute atomic E-state index is 14.1. The van der Waals surface area contributed by atoms with Gasteiger partial charge in [0.05, 0.1) is 23.2 Å². The van der Waals surface area contributed by atoms with Crippen LogP contribution in [0.25, 0.3) is 11.3 Å². The maximum Gasteiger partial charge on any atom is 0.433 e. The normalized spacial score (nSPS) is 12.3. The highest BCUT2D eigenvalue weighted by atomic mass is 35.5. The largest absolute Gasteiger partial charge is 0.433 e. The molecule has 0 radical (unpaired) electrons. The van der Waals surface area contributed by atoms with E-state index in [0.717, 1.165) is 25.4 Å². The van der Waals surface area contributed by atoms with Crippen molar-refractivity contribution >= 4 is 27.3 Å². The highest BCUT2D eigenvalue weighted by molar-refractivity contribution is 7.92. The van der Waals surface area contributed by atoms with Crippen molar-refractivity contribution in [3.63, 3.8) is 0 Å². The van der Waals surface area contributed by atoms with Crippen LogP contribution in [0.1, 0.15) is 5.69 Å². The molecule has 12 heteroatoms. The van der Waals surface area contributed by atoms with Gasteiger partial charge in [-0.25, -0.2) is 17.8 Å². The van der Waals surface area contributed by atoms with E-state index >= 15 is 0 Å². The van der Waals surface area contributed by atoms with E-state index in [9.17, 15) is 30.8 Å². The highest BCUT2D eigenvalue weighted by Gasteiger charge is 2.35. The first kappa shape index (κ1) is 19.2. The molecule has 2 rings (SSSR count). The van der Waals surface area contributed by atoms with Crippen LogP contribution in [0.2, 0.25) is 5.02 Å². The Hall–Kier alpha value is -2.14. The van der Waals surface area contributed by atoms with E-state index in [1.165, 1.54) is 0 Å². The highest BCUT2D eigenvalue weighted by Crippen LogP contribution is 2.32. The molecule has 25 heavy (non-hydrogen) atoms. The lowest BCUT2D eigenvalue weighted by Gasteiger charge is -2.13. The predicted octanol–water partition coefficient (Wildman–Crippen LogP) is 2.63. The van der Waals surface area contributed by atoms with Gasteiger partial charge in [0.1, 0.15) is 17.2 Å². The van der Waals surface area contributed by atoms with E-state index < -0.39 is 44.5 Å². The van der Waals surface area contributed by atoms with Gasteiger partial charge in [0.25, 0.3) is 5.56 Å². The van der Waals surface area contributed by atoms with Crippen molar-refractivity contribution in [3.05, 3.63) is 45.2 Å². The molecule has 0 amide bonds. The van der Waals surface area contributed by atoms with Gasteiger partial charge in [0.15, 0.2) is 0 Å². The Labute approximate surface area is 144 Å². The molecular weight excluding hydrogens is 390 g/mol. The molecule has 0 aliphatic heterocycles. The topological polar surface area (TPSA) is 81.1 Å². The Balaban J connectivity index is 2.69. The Kier molecular flexibility index (Phi) is 4.83. The molecular formula is C13H10ClF4N3O3S. The molecule has 1 aromatic carbocycles. The number of hydrogen-bond acceptors (Lipinski definition) is 4. The average Bonchev–Trinajstić information content (AvgIpc) is 2.42. The second-order valence-corrected chi connectivity index (χ2v) is 7.20. The second kappa shape index (κ2) is 6.30. The van der Waals surface area contributed by atoms with E-state index in [2.05, 4.69) is 4.98 Å². The van der Waals surface area contributed by atoms with Crippen LogP contribution in [-0.4, -0.2) is 24.2 Å². The molecule has 0 unspecified atom stereocenters. The molecule has 0 bridgehead atoms. The lowest BCUT2D eigenvalue weighted by Crippen LogP contribution is -2.28. The van der Waals surface area contributed by atoms with Gasteiger partial charge in [-0.3, -0.25) is 9.52 Å². The monoisotopic (exact) mass is 399 g/mol. The van der Waals surface area contributed by atoms with E-state index in [4.69, 9.17) is 11.6 Å². The number of alkyl halides is 3. The summed E-state index contributed by atoms with van der Waals surface area (Å²) in [7, 11) is -2.90. The van der Waals surface area contributed by atoms with Crippen LogP contribution in [-0.2, 0) is 23.2 Å². The molecule has 1 heterocycles. The Morgan fingerprint density at radius 2 is 1.88 bits per heavy atom. The number of halogens is 5. The van der Waals surface area contributed by atoms with Crippen molar-refractivity contribution in [1.82, 2.24) is 9.55 Å². The average molecular weight is 400 g/mol. The Morgan fingerprint density at radius 3 is 2.40 bits per heavy atom. The lowest BCUT2D eigenvalue weighted by molar-refractivity contribution is -0.144. The summed E-state index contributed by atoms with van der Waals surface area (Å²) in [6, 6.07) is 1.61. The number of rotatable bonds is 3. The standard InChI is InChI=1S/C13H10ClF4N3O3S/c1-21-10(13(16,17)18)5-19-11(12(21)22)6-3-9(20-25(2,23)24)7(14)4-8(6)15/h3-5,20H,1-2H3. The minimum atomic E-state index is -4.82. The molecule has 0 atom stereocenters. The van der Waals surface area contributed by atoms with Crippen molar-refractivity contribution in [2.75, 3.05) is 11.0 Å². The zero-order valence-corrected chi connectivity index (χ0v) is 14.2. The third kappa shape index (κ3) is 4.10. The summed E-state index contributed by atoms with van der Waals surface area (Å²) in [5.41, 5.74) is -3.89. The number of sulfonamides is 1. The third-order valence-corrected chi connectivity index (χ3v) is 3.99. The molecule has 0 spiro atoms. The number of anilines is 1. The summed E-state index contributed by atoms with van der Waals surface area (Å²) in [4.78, 5) is 15.5. The first-order valence-electron chi connectivity index (χ1n) is 6.41. The molecule has 0 aliphatic carbocycles. The van der Waals surface area contributed by atoms with E-state index in [0.29, 0.717) is 6.20 Å². The van der Waals surface area contributed by atoms with Crippen LogP contribution < -0.4 is 10.3 Å². The fourth-order valence-corrected chi connectivity index (χ4v) is 2.81. The summed E-state index contributed by atoms with van der Waals surface area (Å²) in [6.45, 7) is 0. The molecule has 0 fully saturated rings. The van der Waals surface area contributed by atoms with Gasteiger partial charge in [-0.1, -0.05) is 11.6 Å². The molecule has 0 saturated heterocycles. The molecule has 1 aromatic heterocycles. The van der Waals surface area contributed by atoms with E-state index in [1.54, 1.807) is 0 Å². The molecule has 0 saturated carbocycles. The maximum atomic E-state index is 14.1. The van der Waals surface area contributed by atoms with Gasteiger partial charge >= 0.3 is 6.18 Å². The van der Waals surface area contributed by atoms with Crippen molar-refractivity contribution in [2.45, 2.75) is 6.18 Å². The van der Waals surface area contributed by atoms with Crippen LogP contribution in [0.5, 0.6) is 0 Å². The molecule has 2 aromatic rings. The second-order valence-electron chi connectivity index (χ2n) is 5.04. The van der Waals surface area contributed by atoms with Crippen LogP contribution in [0.4, 0.5) is 23.2 Å². The van der Waals surface area contributed by atoms with Crippen LogP contribution in [0, 0.1) is 5.82 Å². The quantitative estimate of drug-likeness (QED) is 0.804. The van der Waals surface area contributed by atoms with Gasteiger partial charge in [-0.2, -0.15) is 13.2 Å². The minimum absolute atomic E-state index is 0.246. The van der Waals surface area contributed by atoms with Gasteiger partial charge in [0, 0.05) is 12.6 Å². The Bertz CT molecular complexity index is 1000. The molecule has 136 valence electrons. The first-order valence-corrected chi connectivity index (χ1v) is 8.68. The number of hydrogen-bond donors (Lipinski definition) is 1. The summed E-state index contributed by atoms with van der Waals surface area (Å²) in [6.07, 6.45) is -3.61. The Morgan fingerprint density at radius 1 is 1.28 bits per heavy atom. The first-order chi connectivity index (χ1) is 11.3. The fraction of sp³-hybridized carbons (Fsp3) is 0.231. The van der Waals surface area contributed by atoms with Crippen LogP contribution >= 0.6 is 11.6 Å². The van der Waals surface area contributed by atoms with Gasteiger partial charge in [0.2, 0.25) is 10.0 Å². The van der Waals surface area contributed by atoms with E-state index in [1.807, 2.05) is 4.72 Å². The minimum Gasteiger partial charge on any atom is -0.304 e. The van der Waals surface area contributed by atoms with Gasteiger partial charge in [-0.15, -0.1) is 0 Å². The smallest absolute Gasteiger partial charge is 0.304 e. The van der Waals surface area contributed by atoms with Crippen molar-refractivity contribution in [2.24, 2.45) is 7.05 Å². The summed E-state index contributed by atoms with van der Waals surface area (Å²) < 4.78 is 77.3. The van der Waals surface area contributed by atoms with Gasteiger partial charge < -0.3 is 4.57 Å². The van der Waals surface area contributed by atoms with Crippen molar-refractivity contribution < 1.29 is 26.0 Å². The SMILES string of the molecule is Cn1c(C(F)(F)F)cnc(-c2cc(NS(C)(=O)=O)c(Cl)cc2F)c1=O. The lowest BCUT2D eigenvalue weighted by atomic mass is 10.1. The predicted molar refractivity (Wildman–Crippen MR) is 83.4 cm³/mol. The molecule has 1 N–H and O–H groups in total. The molecule has 0 aliphatic rings. The zero-order valence-electron chi connectivity index (χ0n) is 12.6.